The lowest BCUT2D eigenvalue weighted by Gasteiger charge is -2.22. The van der Waals surface area contributed by atoms with Crippen LogP contribution in [0.1, 0.15) is 22.3 Å². The quantitative estimate of drug-likeness (QED) is 0.516. The minimum absolute atomic E-state index is 0. The van der Waals surface area contributed by atoms with E-state index in [0.29, 0.717) is 0 Å². The fourth-order valence-electron chi connectivity index (χ4n) is 3.73. The maximum atomic E-state index is 4.40. The number of rotatable bonds is 2. The summed E-state index contributed by atoms with van der Waals surface area (Å²) in [4.78, 5) is 8.81. The summed E-state index contributed by atoms with van der Waals surface area (Å²) in [6, 6.07) is 13.3. The molecule has 0 radical (unpaired) electrons. The van der Waals surface area contributed by atoms with Crippen molar-refractivity contribution in [3.63, 3.8) is 0 Å². The van der Waals surface area contributed by atoms with E-state index in [1.54, 1.807) is 0 Å². The fraction of sp³-hybridized carbons (Fsp3) is 0.300. The maximum absolute atomic E-state index is 4.40. The normalized spacial score (nSPS) is 16.1. The molecule has 2 aromatic carbocycles. The number of guanidine groups is 2. The van der Waals surface area contributed by atoms with Gasteiger partial charge in [0.25, 0.3) is 0 Å². The minimum Gasteiger partial charge on any atom is -0.354 e. The highest BCUT2D eigenvalue weighted by atomic mass is 35.5. The van der Waals surface area contributed by atoms with Crippen molar-refractivity contribution in [2.24, 2.45) is 9.98 Å². The van der Waals surface area contributed by atoms with Gasteiger partial charge in [-0.2, -0.15) is 0 Å². The van der Waals surface area contributed by atoms with Crippen LogP contribution in [-0.4, -0.2) is 38.1 Å². The van der Waals surface area contributed by atoms with E-state index in [9.17, 15) is 0 Å². The smallest absolute Gasteiger partial charge is 0.195 e. The summed E-state index contributed by atoms with van der Waals surface area (Å²) in [5.74, 6) is 1.75. The third-order valence-corrected chi connectivity index (χ3v) is 5.05. The Bertz CT molecular complexity index is 849. The standard InChI is InChI=1S/C20H22N6.2ClH/c1-3-17(25-19-21-5-6-22-19)11-15-10-14-2-4-18(12-16(14)9-13(1)15)26-20-23-7-8-24-20;;/h1-4,11-12H,5-10H2,(H2,21,22,25)(H2,23,24,26);2*1H. The van der Waals surface area contributed by atoms with E-state index in [4.69, 9.17) is 0 Å². The molecule has 0 spiro atoms. The van der Waals surface area contributed by atoms with Crippen molar-refractivity contribution in [1.82, 2.24) is 10.6 Å². The molecule has 1 aliphatic carbocycles. The molecule has 28 heavy (non-hydrogen) atoms. The van der Waals surface area contributed by atoms with E-state index in [2.05, 4.69) is 67.7 Å². The second-order valence-electron chi connectivity index (χ2n) is 6.88. The van der Waals surface area contributed by atoms with Crippen LogP contribution in [0, 0.1) is 0 Å². The first-order valence-electron chi connectivity index (χ1n) is 9.18. The Morgan fingerprint density at radius 1 is 0.643 bits per heavy atom. The van der Waals surface area contributed by atoms with Gasteiger partial charge >= 0.3 is 0 Å². The second-order valence-corrected chi connectivity index (χ2v) is 6.88. The van der Waals surface area contributed by atoms with Crippen molar-refractivity contribution in [2.75, 3.05) is 36.8 Å². The Hall–Kier alpha value is -2.44. The van der Waals surface area contributed by atoms with Crippen LogP contribution in [0.25, 0.3) is 0 Å². The number of hydrogen-bond donors (Lipinski definition) is 4. The molecule has 8 heteroatoms. The number of hydrogen-bond acceptors (Lipinski definition) is 6. The third kappa shape index (κ3) is 4.18. The number of anilines is 2. The third-order valence-electron chi connectivity index (χ3n) is 5.05. The Kier molecular flexibility index (Phi) is 6.31. The first-order valence-corrected chi connectivity index (χ1v) is 9.18. The Labute approximate surface area is 177 Å². The molecule has 5 rings (SSSR count). The highest BCUT2D eigenvalue weighted by Crippen LogP contribution is 2.30. The van der Waals surface area contributed by atoms with Crippen molar-refractivity contribution < 1.29 is 0 Å². The molecular weight excluding hydrogens is 395 g/mol. The Morgan fingerprint density at radius 2 is 1.11 bits per heavy atom. The van der Waals surface area contributed by atoms with Gasteiger partial charge in [-0.05, 0) is 59.4 Å². The number of nitrogens with one attached hydrogen (secondary N) is 4. The van der Waals surface area contributed by atoms with E-state index in [0.717, 1.165) is 62.3 Å². The van der Waals surface area contributed by atoms with Gasteiger partial charge in [0.1, 0.15) is 0 Å². The molecule has 0 saturated carbocycles. The Balaban J connectivity index is 0.00000112. The minimum atomic E-state index is 0. The predicted octanol–water partition coefficient (Wildman–Crippen LogP) is 2.77. The molecule has 2 aromatic rings. The summed E-state index contributed by atoms with van der Waals surface area (Å²) < 4.78 is 0. The number of benzene rings is 2. The number of nitrogens with zero attached hydrogens (tertiary/aromatic N) is 2. The molecule has 0 atom stereocenters. The van der Waals surface area contributed by atoms with Crippen molar-refractivity contribution in [3.05, 3.63) is 58.7 Å². The van der Waals surface area contributed by atoms with Crippen LogP contribution in [0.4, 0.5) is 11.4 Å². The summed E-state index contributed by atoms with van der Waals surface area (Å²) in [6.07, 6.45) is 1.94. The average Bonchev–Trinajstić information content (AvgIpc) is 3.34. The van der Waals surface area contributed by atoms with Gasteiger partial charge in [-0.1, -0.05) is 12.1 Å². The number of fused-ring (bicyclic) bond motifs is 2. The topological polar surface area (TPSA) is 72.8 Å². The van der Waals surface area contributed by atoms with Crippen molar-refractivity contribution in [2.45, 2.75) is 12.8 Å². The molecule has 2 aliphatic heterocycles. The van der Waals surface area contributed by atoms with Gasteiger partial charge in [-0.3, -0.25) is 9.98 Å². The van der Waals surface area contributed by atoms with Gasteiger partial charge in [-0.15, -0.1) is 24.8 Å². The molecule has 0 fully saturated rings. The lowest BCUT2D eigenvalue weighted by molar-refractivity contribution is 0.958. The van der Waals surface area contributed by atoms with Gasteiger partial charge in [0.15, 0.2) is 11.9 Å². The average molecular weight is 419 g/mol. The van der Waals surface area contributed by atoms with Crippen LogP contribution in [0.2, 0.25) is 0 Å². The lowest BCUT2D eigenvalue weighted by Crippen LogP contribution is -2.26. The maximum Gasteiger partial charge on any atom is 0.195 e. The summed E-state index contributed by atoms with van der Waals surface area (Å²) in [7, 11) is 0. The monoisotopic (exact) mass is 418 g/mol. The zero-order chi connectivity index (χ0) is 17.3. The van der Waals surface area contributed by atoms with Crippen molar-refractivity contribution in [3.8, 4) is 0 Å². The number of halogens is 2. The summed E-state index contributed by atoms with van der Waals surface area (Å²) in [6.45, 7) is 3.52. The van der Waals surface area contributed by atoms with Gasteiger partial charge in [0.2, 0.25) is 0 Å². The molecule has 6 nitrogen and oxygen atoms in total. The molecule has 4 N–H and O–H groups in total. The van der Waals surface area contributed by atoms with E-state index in [-0.39, 0.29) is 24.8 Å². The highest BCUT2D eigenvalue weighted by molar-refractivity contribution is 5.95. The van der Waals surface area contributed by atoms with Crippen LogP contribution in [0.15, 0.2) is 46.4 Å². The highest BCUT2D eigenvalue weighted by Gasteiger charge is 2.17. The summed E-state index contributed by atoms with van der Waals surface area (Å²) in [5.41, 5.74) is 7.79. The summed E-state index contributed by atoms with van der Waals surface area (Å²) in [5, 5.41) is 13.3. The fourth-order valence-corrected chi connectivity index (χ4v) is 3.73. The first-order chi connectivity index (χ1) is 12.8. The lowest BCUT2D eigenvalue weighted by atomic mass is 9.85. The zero-order valence-corrected chi connectivity index (χ0v) is 17.1. The van der Waals surface area contributed by atoms with Gasteiger partial charge in [0, 0.05) is 24.5 Å². The van der Waals surface area contributed by atoms with Gasteiger partial charge in [-0.25, -0.2) is 0 Å². The molecule has 0 bridgehead atoms. The van der Waals surface area contributed by atoms with Crippen LogP contribution >= 0.6 is 24.8 Å². The van der Waals surface area contributed by atoms with Gasteiger partial charge < -0.3 is 21.3 Å². The van der Waals surface area contributed by atoms with Crippen LogP contribution in [0.5, 0.6) is 0 Å². The number of aliphatic imine (C=N–C) groups is 2. The largest absolute Gasteiger partial charge is 0.354 e. The zero-order valence-electron chi connectivity index (χ0n) is 15.4. The van der Waals surface area contributed by atoms with Crippen LogP contribution in [0.3, 0.4) is 0 Å². The van der Waals surface area contributed by atoms with Crippen molar-refractivity contribution in [1.29, 1.82) is 0 Å². The van der Waals surface area contributed by atoms with Gasteiger partial charge in [0.05, 0.1) is 13.1 Å². The van der Waals surface area contributed by atoms with Crippen LogP contribution in [-0.2, 0) is 12.8 Å². The molecule has 0 saturated heterocycles. The first kappa shape index (κ1) is 20.3. The van der Waals surface area contributed by atoms with E-state index >= 15 is 0 Å². The van der Waals surface area contributed by atoms with Crippen LogP contribution < -0.4 is 21.3 Å². The second kappa shape index (κ2) is 8.71. The van der Waals surface area contributed by atoms with E-state index in [1.807, 2.05) is 0 Å². The molecule has 0 unspecified atom stereocenters. The molecule has 0 amide bonds. The molecule has 148 valence electrons. The predicted molar refractivity (Wildman–Crippen MR) is 121 cm³/mol. The van der Waals surface area contributed by atoms with E-state index in [1.165, 1.54) is 22.3 Å². The summed E-state index contributed by atoms with van der Waals surface area (Å²) >= 11 is 0. The molecule has 2 heterocycles. The SMILES string of the molecule is Cl.Cl.c1cc2c(cc1NC1=NCCN1)Cc1ccc(NC3=NCCN3)cc1C2. The Morgan fingerprint density at radius 3 is 1.50 bits per heavy atom. The van der Waals surface area contributed by atoms with Crippen molar-refractivity contribution >= 4 is 48.1 Å². The molecular formula is C20H24Cl2N6. The van der Waals surface area contributed by atoms with E-state index < -0.39 is 0 Å². The molecule has 0 aromatic heterocycles. The molecule has 3 aliphatic rings.